The number of carbonyl (C=O) groups is 1. The van der Waals surface area contributed by atoms with E-state index in [1.54, 1.807) is 6.07 Å². The lowest BCUT2D eigenvalue weighted by atomic mass is 10.3. The molecule has 2 N–H and O–H groups in total. The lowest BCUT2D eigenvalue weighted by Gasteiger charge is -2.11. The molecule has 0 radical (unpaired) electrons. The number of hydrogen-bond acceptors (Lipinski definition) is 2. The largest absolute Gasteiger partial charge is 0.374 e. The first-order valence-corrected chi connectivity index (χ1v) is 6.66. The molecule has 2 aromatic rings. The summed E-state index contributed by atoms with van der Waals surface area (Å²) in [6.45, 7) is -0.195. The zero-order valence-electron chi connectivity index (χ0n) is 10.6. The van der Waals surface area contributed by atoms with E-state index in [1.807, 2.05) is 0 Å². The molecule has 0 aromatic heterocycles. The molecule has 1 amide bonds. The smallest absolute Gasteiger partial charge is 0.243 e. The minimum Gasteiger partial charge on any atom is -0.374 e. The number of hydrogen-bond donors (Lipinski definition) is 2. The fourth-order valence-corrected chi connectivity index (χ4v) is 2.23. The van der Waals surface area contributed by atoms with Gasteiger partial charge in [0.05, 0.1) is 28.0 Å². The van der Waals surface area contributed by atoms with E-state index < -0.39 is 17.5 Å². The van der Waals surface area contributed by atoms with E-state index in [4.69, 9.17) is 23.2 Å². The van der Waals surface area contributed by atoms with Crippen LogP contribution in [0, 0.1) is 11.6 Å². The Balaban J connectivity index is 2.01. The molecule has 0 saturated carbocycles. The van der Waals surface area contributed by atoms with Crippen molar-refractivity contribution in [2.24, 2.45) is 0 Å². The maximum Gasteiger partial charge on any atom is 0.243 e. The summed E-state index contributed by atoms with van der Waals surface area (Å²) in [6, 6.07) is 7.93. The summed E-state index contributed by atoms with van der Waals surface area (Å²) in [7, 11) is 0. The van der Waals surface area contributed by atoms with Crippen LogP contribution in [0.2, 0.25) is 10.0 Å². The summed E-state index contributed by atoms with van der Waals surface area (Å²) in [5.41, 5.74) is 0.309. The summed E-state index contributed by atoms with van der Waals surface area (Å²) < 4.78 is 26.4. The number of halogens is 4. The normalized spacial score (nSPS) is 10.3. The molecule has 0 saturated heterocycles. The molecule has 0 heterocycles. The Kier molecular flexibility index (Phi) is 4.98. The molecule has 21 heavy (non-hydrogen) atoms. The van der Waals surface area contributed by atoms with Crippen molar-refractivity contribution in [3.05, 3.63) is 58.1 Å². The quantitative estimate of drug-likeness (QED) is 0.876. The fraction of sp³-hybridized carbons (Fsp3) is 0.0714. The second kappa shape index (κ2) is 6.74. The topological polar surface area (TPSA) is 41.1 Å². The first-order chi connectivity index (χ1) is 9.97. The Hall–Kier alpha value is -1.85. The summed E-state index contributed by atoms with van der Waals surface area (Å²) in [5.74, 6) is -1.60. The molecular weight excluding hydrogens is 321 g/mol. The average molecular weight is 331 g/mol. The lowest BCUT2D eigenvalue weighted by Crippen LogP contribution is -2.22. The van der Waals surface area contributed by atoms with Crippen molar-refractivity contribution >= 4 is 40.5 Å². The van der Waals surface area contributed by atoms with Gasteiger partial charge in [0.25, 0.3) is 0 Å². The van der Waals surface area contributed by atoms with Crippen LogP contribution in [0.15, 0.2) is 36.4 Å². The van der Waals surface area contributed by atoms with Crippen molar-refractivity contribution in [2.45, 2.75) is 0 Å². The predicted molar refractivity (Wildman–Crippen MR) is 79.9 cm³/mol. The third-order valence-electron chi connectivity index (χ3n) is 2.58. The molecule has 0 atom stereocenters. The molecule has 2 aromatic carbocycles. The van der Waals surface area contributed by atoms with Gasteiger partial charge in [-0.15, -0.1) is 0 Å². The first-order valence-electron chi connectivity index (χ1n) is 5.90. The zero-order valence-corrected chi connectivity index (χ0v) is 12.1. The van der Waals surface area contributed by atoms with Crippen LogP contribution < -0.4 is 10.6 Å². The minimum absolute atomic E-state index is 0.0543. The van der Waals surface area contributed by atoms with Crippen molar-refractivity contribution in [2.75, 3.05) is 17.2 Å². The number of nitrogens with one attached hydrogen (secondary N) is 2. The first kappa shape index (κ1) is 15.5. The third kappa shape index (κ3) is 4.06. The minimum atomic E-state index is -0.577. The van der Waals surface area contributed by atoms with E-state index in [2.05, 4.69) is 10.6 Å². The van der Waals surface area contributed by atoms with Gasteiger partial charge < -0.3 is 10.6 Å². The van der Waals surface area contributed by atoms with Crippen LogP contribution >= 0.6 is 23.2 Å². The summed E-state index contributed by atoms with van der Waals surface area (Å²) >= 11 is 11.7. The molecule has 0 aliphatic rings. The number of benzene rings is 2. The van der Waals surface area contributed by atoms with E-state index in [0.717, 1.165) is 12.1 Å². The van der Waals surface area contributed by atoms with Gasteiger partial charge in [0, 0.05) is 0 Å². The molecule has 0 aliphatic carbocycles. The fourth-order valence-electron chi connectivity index (χ4n) is 1.64. The highest BCUT2D eigenvalue weighted by molar-refractivity contribution is 6.39. The number of amides is 1. The van der Waals surface area contributed by atoms with Crippen LogP contribution in [-0.4, -0.2) is 12.5 Å². The molecule has 0 aliphatic heterocycles. The van der Waals surface area contributed by atoms with Crippen LogP contribution in [0.5, 0.6) is 0 Å². The highest BCUT2D eigenvalue weighted by Crippen LogP contribution is 2.31. The number of para-hydroxylation sites is 1. The van der Waals surface area contributed by atoms with Gasteiger partial charge in [-0.05, 0) is 24.3 Å². The standard InChI is InChI=1S/C14H10Cl2F2N2O/c15-9-5-8(17)6-10(16)14(9)19-7-13(21)20-12-4-2-1-3-11(12)18/h1-6,19H,7H2,(H,20,21). The van der Waals surface area contributed by atoms with E-state index in [1.165, 1.54) is 18.2 Å². The molecule has 7 heteroatoms. The maximum absolute atomic E-state index is 13.4. The van der Waals surface area contributed by atoms with Gasteiger partial charge in [-0.2, -0.15) is 0 Å². The van der Waals surface area contributed by atoms with Crippen molar-refractivity contribution in [3.63, 3.8) is 0 Å². The SMILES string of the molecule is O=C(CNc1c(Cl)cc(F)cc1Cl)Nc1ccccc1F. The lowest BCUT2D eigenvalue weighted by molar-refractivity contribution is -0.114. The van der Waals surface area contributed by atoms with Crippen molar-refractivity contribution < 1.29 is 13.6 Å². The van der Waals surface area contributed by atoms with Crippen molar-refractivity contribution in [1.82, 2.24) is 0 Å². The molecular formula is C14H10Cl2F2N2O. The van der Waals surface area contributed by atoms with Gasteiger partial charge in [0.2, 0.25) is 5.91 Å². The maximum atomic E-state index is 13.4. The van der Waals surface area contributed by atoms with E-state index in [9.17, 15) is 13.6 Å². The number of carbonyl (C=O) groups excluding carboxylic acids is 1. The summed E-state index contributed by atoms with van der Waals surface area (Å²) in [4.78, 5) is 11.7. The molecule has 2 rings (SSSR count). The Morgan fingerprint density at radius 3 is 2.33 bits per heavy atom. The highest BCUT2D eigenvalue weighted by atomic mass is 35.5. The van der Waals surface area contributed by atoms with Crippen LogP contribution in [0.3, 0.4) is 0 Å². The van der Waals surface area contributed by atoms with Crippen molar-refractivity contribution in [3.8, 4) is 0 Å². The zero-order chi connectivity index (χ0) is 15.4. The van der Waals surface area contributed by atoms with Crippen LogP contribution in [0.4, 0.5) is 20.2 Å². The number of anilines is 2. The van der Waals surface area contributed by atoms with Crippen molar-refractivity contribution in [1.29, 1.82) is 0 Å². The van der Waals surface area contributed by atoms with Gasteiger partial charge in [-0.3, -0.25) is 4.79 Å². The monoisotopic (exact) mass is 330 g/mol. The van der Waals surface area contributed by atoms with Gasteiger partial charge in [-0.25, -0.2) is 8.78 Å². The van der Waals surface area contributed by atoms with E-state index in [-0.39, 0.29) is 28.0 Å². The molecule has 110 valence electrons. The Labute approximate surface area is 129 Å². The Morgan fingerprint density at radius 2 is 1.71 bits per heavy atom. The van der Waals surface area contributed by atoms with Gasteiger partial charge in [0.15, 0.2) is 0 Å². The summed E-state index contributed by atoms with van der Waals surface area (Å²) in [5, 5.41) is 5.19. The molecule has 0 unspecified atom stereocenters. The molecule has 0 bridgehead atoms. The molecule has 0 spiro atoms. The van der Waals surface area contributed by atoms with E-state index in [0.29, 0.717) is 0 Å². The molecule has 3 nitrogen and oxygen atoms in total. The second-order valence-electron chi connectivity index (χ2n) is 4.13. The predicted octanol–water partition coefficient (Wildman–Crippen LogP) is 4.32. The third-order valence-corrected chi connectivity index (χ3v) is 3.18. The summed E-state index contributed by atoms with van der Waals surface area (Å²) in [6.07, 6.45) is 0. The van der Waals surface area contributed by atoms with Gasteiger partial charge >= 0.3 is 0 Å². The van der Waals surface area contributed by atoms with Gasteiger partial charge in [0.1, 0.15) is 11.6 Å². The van der Waals surface area contributed by atoms with Crippen LogP contribution in [0.1, 0.15) is 0 Å². The van der Waals surface area contributed by atoms with E-state index >= 15 is 0 Å². The number of rotatable bonds is 4. The Morgan fingerprint density at radius 1 is 1.10 bits per heavy atom. The second-order valence-corrected chi connectivity index (χ2v) is 4.94. The molecule has 0 fully saturated rings. The van der Waals surface area contributed by atoms with Crippen LogP contribution in [0.25, 0.3) is 0 Å². The van der Waals surface area contributed by atoms with Gasteiger partial charge in [-0.1, -0.05) is 35.3 Å². The average Bonchev–Trinajstić information content (AvgIpc) is 2.40. The van der Waals surface area contributed by atoms with Crippen LogP contribution in [-0.2, 0) is 4.79 Å². The Bertz CT molecular complexity index is 657. The highest BCUT2D eigenvalue weighted by Gasteiger charge is 2.11.